The molecule has 0 spiro atoms. The van der Waals surface area contributed by atoms with Crippen LogP contribution in [0.4, 0.5) is 5.69 Å². The lowest BCUT2D eigenvalue weighted by molar-refractivity contribution is -0.00461. The number of nitriles is 1. The molecular formula is C13H16N2O2. The number of anilines is 1. The lowest BCUT2D eigenvalue weighted by Crippen LogP contribution is -2.27. The highest BCUT2D eigenvalue weighted by Crippen LogP contribution is 2.23. The quantitative estimate of drug-likeness (QED) is 0.790. The van der Waals surface area contributed by atoms with Crippen molar-refractivity contribution >= 4 is 5.69 Å². The fraction of sp³-hybridized carbons (Fsp3) is 0.462. The molecular weight excluding hydrogens is 216 g/mol. The van der Waals surface area contributed by atoms with E-state index in [-0.39, 0.29) is 12.2 Å². The molecule has 1 saturated heterocycles. The Labute approximate surface area is 101 Å². The molecule has 0 N–H and O–H groups in total. The van der Waals surface area contributed by atoms with E-state index in [2.05, 4.69) is 11.0 Å². The Hall–Kier alpha value is -1.57. The van der Waals surface area contributed by atoms with Gasteiger partial charge in [-0.15, -0.1) is 0 Å². The zero-order valence-electron chi connectivity index (χ0n) is 10.1. The number of ether oxygens (including phenoxy) is 2. The maximum Gasteiger partial charge on any atom is 0.102 e. The minimum atomic E-state index is 0.0886. The van der Waals surface area contributed by atoms with Crippen molar-refractivity contribution in [1.82, 2.24) is 0 Å². The molecule has 1 aliphatic rings. The minimum Gasteiger partial charge on any atom is -0.377 e. The van der Waals surface area contributed by atoms with Crippen molar-refractivity contribution in [2.24, 2.45) is 0 Å². The molecule has 0 radical (unpaired) electrons. The lowest BCUT2D eigenvalue weighted by Gasteiger charge is -2.17. The summed E-state index contributed by atoms with van der Waals surface area (Å²) < 4.78 is 10.8. The molecule has 0 saturated carbocycles. The minimum absolute atomic E-state index is 0.0886. The van der Waals surface area contributed by atoms with Gasteiger partial charge in [-0.2, -0.15) is 5.26 Å². The summed E-state index contributed by atoms with van der Waals surface area (Å²) in [6.45, 7) is 1.59. The van der Waals surface area contributed by atoms with Crippen molar-refractivity contribution in [2.45, 2.75) is 12.2 Å². The summed E-state index contributed by atoms with van der Waals surface area (Å²) >= 11 is 0. The van der Waals surface area contributed by atoms with Gasteiger partial charge in [-0.1, -0.05) is 6.07 Å². The average Bonchev–Trinajstić information content (AvgIpc) is 2.82. The Kier molecular flexibility index (Phi) is 3.62. The van der Waals surface area contributed by atoms with Crippen LogP contribution in [0.25, 0.3) is 0 Å². The summed E-state index contributed by atoms with van der Waals surface area (Å²) in [7, 11) is 3.40. The Bertz CT molecular complexity index is 416. The van der Waals surface area contributed by atoms with E-state index in [0.717, 1.165) is 18.8 Å². The van der Waals surface area contributed by atoms with E-state index in [1.165, 1.54) is 0 Å². The van der Waals surface area contributed by atoms with Gasteiger partial charge in [0.25, 0.3) is 0 Å². The Morgan fingerprint density at radius 2 is 1.88 bits per heavy atom. The predicted octanol–water partition coefficient (Wildman–Crippen LogP) is 1.41. The van der Waals surface area contributed by atoms with E-state index < -0.39 is 0 Å². The molecule has 1 aromatic rings. The molecule has 1 heterocycles. The Morgan fingerprint density at radius 3 is 2.41 bits per heavy atom. The molecule has 2 atom stereocenters. The fourth-order valence-corrected chi connectivity index (χ4v) is 2.18. The molecule has 1 fully saturated rings. The second kappa shape index (κ2) is 5.17. The summed E-state index contributed by atoms with van der Waals surface area (Å²) in [5.41, 5.74) is 1.72. The molecule has 0 aliphatic carbocycles. The number of hydrogen-bond donors (Lipinski definition) is 0. The number of methoxy groups -OCH3 is 2. The maximum atomic E-state index is 8.88. The molecule has 1 aromatic carbocycles. The van der Waals surface area contributed by atoms with Crippen LogP contribution in [0.15, 0.2) is 24.3 Å². The van der Waals surface area contributed by atoms with E-state index in [9.17, 15) is 0 Å². The van der Waals surface area contributed by atoms with Crippen LogP contribution in [0.2, 0.25) is 0 Å². The van der Waals surface area contributed by atoms with Crippen molar-refractivity contribution in [2.75, 3.05) is 32.2 Å². The molecule has 0 bridgehead atoms. The normalized spacial score (nSPS) is 23.7. The van der Waals surface area contributed by atoms with E-state index >= 15 is 0 Å². The number of nitrogens with zero attached hydrogens (tertiary/aromatic N) is 2. The smallest absolute Gasteiger partial charge is 0.102 e. The van der Waals surface area contributed by atoms with Crippen LogP contribution < -0.4 is 4.90 Å². The first-order valence-corrected chi connectivity index (χ1v) is 5.59. The van der Waals surface area contributed by atoms with Gasteiger partial charge in [0.2, 0.25) is 0 Å². The molecule has 2 rings (SSSR count). The van der Waals surface area contributed by atoms with Gasteiger partial charge in [0.1, 0.15) is 12.2 Å². The number of rotatable bonds is 3. The molecule has 90 valence electrons. The molecule has 0 amide bonds. The third-order valence-electron chi connectivity index (χ3n) is 3.16. The summed E-state index contributed by atoms with van der Waals surface area (Å²) in [4.78, 5) is 2.18. The van der Waals surface area contributed by atoms with Gasteiger partial charge in [0.15, 0.2) is 0 Å². The first-order valence-electron chi connectivity index (χ1n) is 5.59. The van der Waals surface area contributed by atoms with Gasteiger partial charge in [0, 0.05) is 33.0 Å². The first kappa shape index (κ1) is 11.9. The van der Waals surface area contributed by atoms with E-state index in [4.69, 9.17) is 14.7 Å². The van der Waals surface area contributed by atoms with E-state index in [1.807, 2.05) is 18.2 Å². The standard InChI is InChI=1S/C13H16N2O2/c1-16-12-8-15(9-13(12)17-2)11-5-3-4-10(6-11)7-14/h3-6,12-13H,8-9H2,1-2H3. The second-order valence-electron chi connectivity index (χ2n) is 4.12. The molecule has 17 heavy (non-hydrogen) atoms. The van der Waals surface area contributed by atoms with Gasteiger partial charge in [-0.3, -0.25) is 0 Å². The van der Waals surface area contributed by atoms with E-state index in [1.54, 1.807) is 20.3 Å². The highest BCUT2D eigenvalue weighted by atomic mass is 16.5. The highest BCUT2D eigenvalue weighted by molar-refractivity contribution is 5.52. The molecule has 2 unspecified atom stereocenters. The Morgan fingerprint density at radius 1 is 1.24 bits per heavy atom. The number of hydrogen-bond acceptors (Lipinski definition) is 4. The summed E-state index contributed by atoms with van der Waals surface area (Å²) in [5, 5.41) is 8.88. The van der Waals surface area contributed by atoms with Crippen LogP contribution in [0, 0.1) is 11.3 Å². The van der Waals surface area contributed by atoms with Gasteiger partial charge >= 0.3 is 0 Å². The van der Waals surface area contributed by atoms with Crippen LogP contribution in [0.1, 0.15) is 5.56 Å². The topological polar surface area (TPSA) is 45.5 Å². The van der Waals surface area contributed by atoms with Crippen LogP contribution in [0.3, 0.4) is 0 Å². The van der Waals surface area contributed by atoms with Gasteiger partial charge in [0.05, 0.1) is 11.6 Å². The SMILES string of the molecule is COC1CN(c2cccc(C#N)c2)CC1OC. The van der Waals surface area contributed by atoms with Crippen molar-refractivity contribution in [1.29, 1.82) is 5.26 Å². The lowest BCUT2D eigenvalue weighted by atomic mass is 10.2. The Balaban J connectivity index is 2.16. The zero-order valence-corrected chi connectivity index (χ0v) is 10.1. The van der Waals surface area contributed by atoms with E-state index in [0.29, 0.717) is 5.56 Å². The monoisotopic (exact) mass is 232 g/mol. The second-order valence-corrected chi connectivity index (χ2v) is 4.12. The van der Waals surface area contributed by atoms with Gasteiger partial charge < -0.3 is 14.4 Å². The van der Waals surface area contributed by atoms with Crippen LogP contribution in [0.5, 0.6) is 0 Å². The third-order valence-corrected chi connectivity index (χ3v) is 3.16. The summed E-state index contributed by atoms with van der Waals surface area (Å²) in [5.74, 6) is 0. The van der Waals surface area contributed by atoms with Crippen molar-refractivity contribution in [3.8, 4) is 6.07 Å². The molecule has 4 heteroatoms. The molecule has 4 nitrogen and oxygen atoms in total. The summed E-state index contributed by atoms with van der Waals surface area (Å²) in [6.07, 6.45) is 0.177. The third kappa shape index (κ3) is 2.41. The van der Waals surface area contributed by atoms with Crippen LogP contribution >= 0.6 is 0 Å². The molecule has 1 aliphatic heterocycles. The predicted molar refractivity (Wildman–Crippen MR) is 65.0 cm³/mol. The van der Waals surface area contributed by atoms with Crippen molar-refractivity contribution in [3.63, 3.8) is 0 Å². The maximum absolute atomic E-state index is 8.88. The fourth-order valence-electron chi connectivity index (χ4n) is 2.18. The van der Waals surface area contributed by atoms with Crippen molar-refractivity contribution < 1.29 is 9.47 Å². The van der Waals surface area contributed by atoms with Gasteiger partial charge in [-0.05, 0) is 18.2 Å². The average molecular weight is 232 g/mol. The molecule has 0 aromatic heterocycles. The zero-order chi connectivity index (χ0) is 12.3. The van der Waals surface area contributed by atoms with Crippen molar-refractivity contribution in [3.05, 3.63) is 29.8 Å². The van der Waals surface area contributed by atoms with Gasteiger partial charge in [-0.25, -0.2) is 0 Å². The van der Waals surface area contributed by atoms with Crippen LogP contribution in [-0.4, -0.2) is 39.5 Å². The number of benzene rings is 1. The van der Waals surface area contributed by atoms with Crippen LogP contribution in [-0.2, 0) is 9.47 Å². The largest absolute Gasteiger partial charge is 0.377 e. The first-order chi connectivity index (χ1) is 8.28. The summed E-state index contributed by atoms with van der Waals surface area (Å²) in [6, 6.07) is 9.76. The highest BCUT2D eigenvalue weighted by Gasteiger charge is 2.32.